The number of carbonyl (C=O) groups excluding carboxylic acids is 2. The van der Waals surface area contributed by atoms with E-state index in [4.69, 9.17) is 21.1 Å². The topological polar surface area (TPSA) is 98.9 Å². The zero-order valence-electron chi connectivity index (χ0n) is 28.7. The van der Waals surface area contributed by atoms with E-state index in [1.54, 1.807) is 43.0 Å². The number of hydrogen-bond acceptors (Lipinski definition) is 6. The van der Waals surface area contributed by atoms with Crippen LogP contribution in [0, 0.1) is 25.5 Å². The van der Waals surface area contributed by atoms with Crippen molar-refractivity contribution in [1.29, 1.82) is 0 Å². The fourth-order valence-electron chi connectivity index (χ4n) is 6.88. The SMILES string of the molecule is COCc1cc(C(=O)c2cc(F)c(NC(=O)/C=C/CNC3CCC(OC)CC3)c(F)c2)n2cccc(-c3c(C)cc4c(nc(C)n4C)c3Cl)c12. The Kier molecular flexibility index (Phi) is 10.5. The maximum atomic E-state index is 15.3. The van der Waals surface area contributed by atoms with Gasteiger partial charge in [0.2, 0.25) is 11.7 Å². The fraction of sp³-hybridized carbons (Fsp3) is 0.342. The second-order valence-corrected chi connectivity index (χ2v) is 13.1. The molecule has 1 saturated carbocycles. The van der Waals surface area contributed by atoms with E-state index in [0.29, 0.717) is 34.2 Å². The highest BCUT2D eigenvalue weighted by Gasteiger charge is 2.25. The molecule has 1 fully saturated rings. The second kappa shape index (κ2) is 14.8. The van der Waals surface area contributed by atoms with Gasteiger partial charge in [0.15, 0.2) is 0 Å². The van der Waals surface area contributed by atoms with Crippen LogP contribution in [0.4, 0.5) is 14.5 Å². The molecule has 0 atom stereocenters. The molecule has 6 rings (SSSR count). The number of ether oxygens (including phenoxy) is 2. The molecule has 262 valence electrons. The van der Waals surface area contributed by atoms with Crippen LogP contribution >= 0.6 is 11.6 Å². The van der Waals surface area contributed by atoms with Crippen LogP contribution in [0.1, 0.15) is 58.7 Å². The van der Waals surface area contributed by atoms with Gasteiger partial charge in [-0.3, -0.25) is 9.59 Å². The number of ketones is 1. The largest absolute Gasteiger partial charge is 0.381 e. The number of aryl methyl sites for hydroxylation is 3. The lowest BCUT2D eigenvalue weighted by molar-refractivity contribution is -0.112. The molecular formula is C38H40ClF2N5O4. The number of anilines is 1. The first-order chi connectivity index (χ1) is 24.0. The Morgan fingerprint density at radius 1 is 1.08 bits per heavy atom. The Bertz CT molecular complexity index is 2110. The quantitative estimate of drug-likeness (QED) is 0.110. The highest BCUT2D eigenvalue weighted by Crippen LogP contribution is 2.41. The molecule has 1 amide bonds. The van der Waals surface area contributed by atoms with E-state index in [1.807, 2.05) is 37.6 Å². The predicted octanol–water partition coefficient (Wildman–Crippen LogP) is 7.46. The Labute approximate surface area is 294 Å². The lowest BCUT2D eigenvalue weighted by atomic mass is 9.93. The predicted molar refractivity (Wildman–Crippen MR) is 191 cm³/mol. The number of benzene rings is 2. The minimum Gasteiger partial charge on any atom is -0.381 e. The number of carbonyl (C=O) groups is 2. The minimum atomic E-state index is -1.07. The Morgan fingerprint density at radius 3 is 2.48 bits per heavy atom. The van der Waals surface area contributed by atoms with E-state index in [2.05, 4.69) is 15.6 Å². The van der Waals surface area contributed by atoms with Crippen molar-refractivity contribution in [3.8, 4) is 11.1 Å². The summed E-state index contributed by atoms with van der Waals surface area (Å²) in [7, 11) is 5.20. The molecule has 2 N–H and O–H groups in total. The summed E-state index contributed by atoms with van der Waals surface area (Å²) in [6.45, 7) is 4.48. The number of hydrogen-bond donors (Lipinski definition) is 2. The van der Waals surface area contributed by atoms with Gasteiger partial charge in [0.1, 0.15) is 28.7 Å². The molecule has 50 heavy (non-hydrogen) atoms. The Morgan fingerprint density at radius 2 is 1.80 bits per heavy atom. The molecule has 1 aliphatic carbocycles. The number of amides is 1. The third kappa shape index (κ3) is 6.83. The molecule has 0 radical (unpaired) electrons. The molecule has 2 aromatic carbocycles. The molecule has 0 aliphatic heterocycles. The minimum absolute atomic E-state index is 0.168. The normalized spacial score (nSPS) is 16.6. The van der Waals surface area contributed by atoms with E-state index in [-0.39, 0.29) is 24.0 Å². The van der Waals surface area contributed by atoms with Crippen LogP contribution < -0.4 is 10.6 Å². The van der Waals surface area contributed by atoms with Gasteiger partial charge in [-0.15, -0.1) is 0 Å². The molecule has 0 saturated heterocycles. The van der Waals surface area contributed by atoms with Crippen LogP contribution in [0.2, 0.25) is 5.02 Å². The van der Waals surface area contributed by atoms with Gasteiger partial charge in [-0.2, -0.15) is 0 Å². The number of nitrogens with zero attached hydrogens (tertiary/aromatic N) is 3. The molecule has 1 aliphatic rings. The standard InChI is InChI=1S/C38H40ClF2N5O4/c1-21-16-30-36(43-22(2)45(30)3)34(39)33(21)27-8-7-15-46-31(19-24(20-49-4)37(27)46)38(48)23-17-28(40)35(29(41)18-23)44-32(47)9-6-14-42-25-10-12-26(50-5)13-11-25/h6-9,15-19,25-26,42H,10-14,20H2,1-5H3,(H,44,47)/b9-6+. The first-order valence-electron chi connectivity index (χ1n) is 16.5. The molecule has 3 aromatic heterocycles. The fourth-order valence-corrected chi connectivity index (χ4v) is 7.27. The molecule has 3 heterocycles. The zero-order valence-corrected chi connectivity index (χ0v) is 29.5. The summed E-state index contributed by atoms with van der Waals surface area (Å²) < 4.78 is 45.2. The molecule has 0 bridgehead atoms. The van der Waals surface area contributed by atoms with E-state index in [0.717, 1.165) is 65.8 Å². The van der Waals surface area contributed by atoms with Crippen LogP contribution in [-0.2, 0) is 27.9 Å². The lowest BCUT2D eigenvalue weighted by Gasteiger charge is -2.27. The van der Waals surface area contributed by atoms with Gasteiger partial charge in [0, 0.05) is 68.4 Å². The number of pyridine rings is 1. The van der Waals surface area contributed by atoms with Crippen LogP contribution in [0.25, 0.3) is 27.7 Å². The van der Waals surface area contributed by atoms with Gasteiger partial charge in [-0.25, -0.2) is 13.8 Å². The van der Waals surface area contributed by atoms with E-state index >= 15 is 8.78 Å². The first kappa shape index (κ1) is 35.4. The van der Waals surface area contributed by atoms with Crippen molar-refractivity contribution in [2.24, 2.45) is 7.05 Å². The number of halogens is 3. The lowest BCUT2D eigenvalue weighted by Crippen LogP contribution is -2.35. The van der Waals surface area contributed by atoms with Crippen molar-refractivity contribution in [2.45, 2.75) is 58.3 Å². The van der Waals surface area contributed by atoms with Gasteiger partial charge < -0.3 is 29.1 Å². The number of rotatable bonds is 11. The van der Waals surface area contributed by atoms with Gasteiger partial charge in [0.25, 0.3) is 0 Å². The summed E-state index contributed by atoms with van der Waals surface area (Å²) in [6, 6.07) is 9.57. The highest BCUT2D eigenvalue weighted by atomic mass is 35.5. The molecule has 9 nitrogen and oxygen atoms in total. The van der Waals surface area contributed by atoms with Gasteiger partial charge in [-0.1, -0.05) is 23.7 Å². The van der Waals surface area contributed by atoms with Gasteiger partial charge in [-0.05, 0) is 75.4 Å². The van der Waals surface area contributed by atoms with Crippen molar-refractivity contribution < 1.29 is 27.8 Å². The van der Waals surface area contributed by atoms with Crippen molar-refractivity contribution >= 4 is 45.5 Å². The Hall–Kier alpha value is -4.42. The Balaban J connectivity index is 1.26. The van der Waals surface area contributed by atoms with Crippen molar-refractivity contribution in [1.82, 2.24) is 19.3 Å². The van der Waals surface area contributed by atoms with Crippen LogP contribution in [0.5, 0.6) is 0 Å². The summed E-state index contributed by atoms with van der Waals surface area (Å²) in [6.07, 6.45) is 8.75. The summed E-state index contributed by atoms with van der Waals surface area (Å²) in [5.74, 6) is -2.61. The van der Waals surface area contributed by atoms with Crippen LogP contribution in [0.3, 0.4) is 0 Å². The zero-order chi connectivity index (χ0) is 35.7. The second-order valence-electron chi connectivity index (χ2n) is 12.7. The third-order valence-electron chi connectivity index (χ3n) is 9.56. The average Bonchev–Trinajstić information content (AvgIpc) is 3.61. The van der Waals surface area contributed by atoms with Crippen molar-refractivity contribution in [3.63, 3.8) is 0 Å². The third-order valence-corrected chi connectivity index (χ3v) is 9.93. The number of aromatic nitrogens is 3. The maximum Gasteiger partial charge on any atom is 0.248 e. The van der Waals surface area contributed by atoms with Gasteiger partial charge >= 0.3 is 0 Å². The molecule has 0 unspecified atom stereocenters. The molecule has 5 aromatic rings. The molecule has 12 heteroatoms. The number of nitrogens with one attached hydrogen (secondary N) is 2. The van der Waals surface area contributed by atoms with Crippen LogP contribution in [0.15, 0.2) is 54.7 Å². The molecular weight excluding hydrogens is 664 g/mol. The summed E-state index contributed by atoms with van der Waals surface area (Å²) in [4.78, 5) is 31.1. The summed E-state index contributed by atoms with van der Waals surface area (Å²) in [5, 5.41) is 6.11. The number of methoxy groups -OCH3 is 2. The smallest absolute Gasteiger partial charge is 0.248 e. The van der Waals surface area contributed by atoms with Crippen LogP contribution in [-0.4, -0.2) is 58.6 Å². The van der Waals surface area contributed by atoms with Crippen molar-refractivity contribution in [3.05, 3.63) is 99.6 Å². The average molecular weight is 704 g/mol. The van der Waals surface area contributed by atoms with Crippen molar-refractivity contribution in [2.75, 3.05) is 26.1 Å². The van der Waals surface area contributed by atoms with E-state index in [9.17, 15) is 9.59 Å². The number of fused-ring (bicyclic) bond motifs is 2. The van der Waals surface area contributed by atoms with E-state index in [1.165, 1.54) is 6.08 Å². The summed E-state index contributed by atoms with van der Waals surface area (Å²) >= 11 is 7.02. The summed E-state index contributed by atoms with van der Waals surface area (Å²) in [5.41, 5.74) is 4.68. The van der Waals surface area contributed by atoms with E-state index < -0.39 is 29.0 Å². The van der Waals surface area contributed by atoms with Gasteiger partial charge in [0.05, 0.1) is 34.5 Å². The monoisotopic (exact) mass is 703 g/mol. The maximum absolute atomic E-state index is 15.3. The molecule has 0 spiro atoms. The highest BCUT2D eigenvalue weighted by molar-refractivity contribution is 6.38. The number of imidazole rings is 1. The first-order valence-corrected chi connectivity index (χ1v) is 16.9.